The van der Waals surface area contributed by atoms with Gasteiger partial charge in [-0.1, -0.05) is 25.1 Å². The Hall–Kier alpha value is -2.61. The zero-order valence-corrected chi connectivity index (χ0v) is 23.6. The Balaban J connectivity index is 1.67. The Morgan fingerprint density at radius 1 is 1.05 bits per heavy atom. The molecule has 0 bridgehead atoms. The third-order valence-corrected chi connectivity index (χ3v) is 8.54. The summed E-state index contributed by atoms with van der Waals surface area (Å²) in [7, 11) is -5.93. The van der Waals surface area contributed by atoms with Crippen molar-refractivity contribution in [2.75, 3.05) is 13.1 Å². The highest BCUT2D eigenvalue weighted by Crippen LogP contribution is 2.32. The van der Waals surface area contributed by atoms with E-state index in [2.05, 4.69) is 10.2 Å². The summed E-state index contributed by atoms with van der Waals surface area (Å²) in [6, 6.07) is 11.6. The number of sulfonamides is 1. The molecule has 1 atom stereocenters. The number of piperidine rings is 1. The van der Waals surface area contributed by atoms with Gasteiger partial charge in [0.2, 0.25) is 24.2 Å². The minimum Gasteiger partial charge on any atom is -0.490 e. The lowest BCUT2D eigenvalue weighted by atomic mass is 9.96. The third kappa shape index (κ3) is 8.19. The van der Waals surface area contributed by atoms with Gasteiger partial charge in [-0.2, -0.15) is 4.31 Å². The van der Waals surface area contributed by atoms with Crippen molar-refractivity contribution in [3.63, 3.8) is 0 Å². The molecule has 8 nitrogen and oxygen atoms in total. The molecule has 1 unspecified atom stereocenters. The van der Waals surface area contributed by atoms with Crippen LogP contribution >= 0.6 is 0 Å². The van der Waals surface area contributed by atoms with Crippen LogP contribution in [0, 0.1) is 0 Å². The minimum atomic E-state index is -4.78. The van der Waals surface area contributed by atoms with Crippen molar-refractivity contribution in [2.45, 2.75) is 69.1 Å². The summed E-state index contributed by atoms with van der Waals surface area (Å²) < 4.78 is 80.9. The Morgan fingerprint density at radius 3 is 2.18 bits per heavy atom. The van der Waals surface area contributed by atoms with Crippen LogP contribution in [0.15, 0.2) is 53.4 Å². The number of carbonyl (C=O) groups excluding carboxylic acids is 1. The number of nitrogens with one attached hydrogen (secondary N) is 1. The Bertz CT molecular complexity index is 1190. The standard InChI is InChI=1S/C25H33F3N2O6SSi/c1-5-21(24(31)29-36-38(2,3)4)22-8-6-7-9-23(22)37(32,33)30-16-14-19(15-17-30)34-18-10-12-20(13-11-18)35-25(26,27)28/h6-13,19,21H,5,14-17H2,1-4H3,(H,29,31). The van der Waals surface area contributed by atoms with E-state index < -0.39 is 36.5 Å². The molecule has 38 heavy (non-hydrogen) atoms. The number of halogens is 3. The smallest absolute Gasteiger partial charge is 0.490 e. The van der Waals surface area contributed by atoms with Gasteiger partial charge in [0.1, 0.15) is 17.6 Å². The number of benzene rings is 2. The first kappa shape index (κ1) is 29.9. The summed E-state index contributed by atoms with van der Waals surface area (Å²) in [6.45, 7) is 7.98. The molecule has 1 saturated heterocycles. The van der Waals surface area contributed by atoms with Crippen molar-refractivity contribution in [2.24, 2.45) is 0 Å². The van der Waals surface area contributed by atoms with Gasteiger partial charge in [-0.05, 0) is 74.8 Å². The molecule has 1 aliphatic rings. The van der Waals surface area contributed by atoms with E-state index in [1.807, 2.05) is 26.6 Å². The number of hydrogen-bond acceptors (Lipinski definition) is 6. The molecule has 210 valence electrons. The fourth-order valence-corrected chi connectivity index (χ4v) is 6.20. The van der Waals surface area contributed by atoms with Gasteiger partial charge < -0.3 is 14.0 Å². The van der Waals surface area contributed by atoms with E-state index >= 15 is 0 Å². The molecule has 1 amide bonds. The number of carbonyl (C=O) groups is 1. The SMILES string of the molecule is CCC(C(=O)NO[Si](C)(C)C)c1ccccc1S(=O)(=O)N1CCC(Oc2ccc(OC(F)(F)F)cc2)CC1. The van der Waals surface area contributed by atoms with Crippen molar-refractivity contribution < 1.29 is 40.4 Å². The largest absolute Gasteiger partial charge is 0.573 e. The molecule has 2 aromatic carbocycles. The van der Waals surface area contributed by atoms with Crippen LogP contribution in [0.2, 0.25) is 19.6 Å². The number of nitrogens with zero attached hydrogens (tertiary/aromatic N) is 1. The topological polar surface area (TPSA) is 94.2 Å². The lowest BCUT2D eigenvalue weighted by Crippen LogP contribution is -2.42. The molecule has 0 aromatic heterocycles. The number of hydroxylamine groups is 1. The van der Waals surface area contributed by atoms with Crippen LogP contribution in [0.1, 0.15) is 37.7 Å². The monoisotopic (exact) mass is 574 g/mol. The molecular weight excluding hydrogens is 541 g/mol. The average Bonchev–Trinajstić information content (AvgIpc) is 2.84. The summed E-state index contributed by atoms with van der Waals surface area (Å²) in [6.07, 6.45) is -3.91. The zero-order valence-electron chi connectivity index (χ0n) is 21.7. The average molecular weight is 575 g/mol. The maximum Gasteiger partial charge on any atom is 0.573 e. The normalized spacial score (nSPS) is 16.6. The molecule has 0 saturated carbocycles. The number of ether oxygens (including phenoxy) is 2. The molecule has 1 heterocycles. The van der Waals surface area contributed by atoms with Gasteiger partial charge in [-0.15, -0.1) is 13.2 Å². The summed E-state index contributed by atoms with van der Waals surface area (Å²) >= 11 is 0. The van der Waals surface area contributed by atoms with Gasteiger partial charge >= 0.3 is 6.36 Å². The van der Waals surface area contributed by atoms with Crippen LogP contribution in [0.4, 0.5) is 13.2 Å². The third-order valence-electron chi connectivity index (χ3n) is 5.86. The Kier molecular flexibility index (Phi) is 9.50. The van der Waals surface area contributed by atoms with Crippen molar-refractivity contribution >= 4 is 24.2 Å². The van der Waals surface area contributed by atoms with Crippen LogP contribution in [0.3, 0.4) is 0 Å². The lowest BCUT2D eigenvalue weighted by Gasteiger charge is -2.32. The molecule has 1 aliphatic heterocycles. The molecule has 0 aliphatic carbocycles. The van der Waals surface area contributed by atoms with Crippen molar-refractivity contribution in [3.05, 3.63) is 54.1 Å². The van der Waals surface area contributed by atoms with E-state index in [0.717, 1.165) is 12.1 Å². The molecule has 0 spiro atoms. The fourth-order valence-electron chi connectivity index (χ4n) is 4.07. The van der Waals surface area contributed by atoms with Crippen LogP contribution in [0.5, 0.6) is 11.5 Å². The summed E-state index contributed by atoms with van der Waals surface area (Å²) in [5, 5.41) is 0. The van der Waals surface area contributed by atoms with E-state index in [9.17, 15) is 26.4 Å². The number of rotatable bonds is 10. The molecular formula is C25H33F3N2O6SSi. The molecule has 13 heteroatoms. The van der Waals surface area contributed by atoms with Gasteiger partial charge in [0, 0.05) is 13.1 Å². The predicted octanol–water partition coefficient (Wildman–Crippen LogP) is 5.19. The highest BCUT2D eigenvalue weighted by atomic mass is 32.2. The van der Waals surface area contributed by atoms with Gasteiger partial charge in [0.25, 0.3) is 0 Å². The quantitative estimate of drug-likeness (QED) is 0.310. The maximum atomic E-state index is 13.6. The second-order valence-corrected chi connectivity index (χ2v) is 16.3. The second-order valence-electron chi connectivity index (χ2n) is 9.92. The highest BCUT2D eigenvalue weighted by Gasteiger charge is 2.35. The summed E-state index contributed by atoms with van der Waals surface area (Å²) in [5.74, 6) is -1.09. The maximum absolute atomic E-state index is 13.6. The van der Waals surface area contributed by atoms with Crippen LogP contribution < -0.4 is 15.0 Å². The van der Waals surface area contributed by atoms with Crippen molar-refractivity contribution in [1.29, 1.82) is 0 Å². The van der Waals surface area contributed by atoms with Crippen LogP contribution in [-0.2, 0) is 19.3 Å². The van der Waals surface area contributed by atoms with E-state index in [4.69, 9.17) is 9.26 Å². The van der Waals surface area contributed by atoms with Crippen molar-refractivity contribution in [1.82, 2.24) is 9.79 Å². The van der Waals surface area contributed by atoms with Gasteiger partial charge in [-0.25, -0.2) is 13.9 Å². The first-order valence-electron chi connectivity index (χ1n) is 12.3. The lowest BCUT2D eigenvalue weighted by molar-refractivity contribution is -0.274. The molecule has 1 fully saturated rings. The summed E-state index contributed by atoms with van der Waals surface area (Å²) in [4.78, 5) is 13.0. The van der Waals surface area contributed by atoms with E-state index in [-0.39, 0.29) is 29.8 Å². The van der Waals surface area contributed by atoms with Gasteiger partial charge in [-0.3, -0.25) is 4.79 Å². The van der Waals surface area contributed by atoms with Crippen LogP contribution in [-0.4, -0.2) is 52.5 Å². The second kappa shape index (κ2) is 12.1. The first-order chi connectivity index (χ1) is 17.7. The predicted molar refractivity (Wildman–Crippen MR) is 138 cm³/mol. The van der Waals surface area contributed by atoms with E-state index in [1.54, 1.807) is 18.2 Å². The minimum absolute atomic E-state index is 0.0784. The summed E-state index contributed by atoms with van der Waals surface area (Å²) in [5.41, 5.74) is 2.92. The highest BCUT2D eigenvalue weighted by molar-refractivity contribution is 7.89. The number of hydrogen-bond donors (Lipinski definition) is 1. The zero-order chi connectivity index (χ0) is 28.1. The van der Waals surface area contributed by atoms with Crippen molar-refractivity contribution in [3.8, 4) is 11.5 Å². The molecule has 1 N–H and O–H groups in total. The number of alkyl halides is 3. The van der Waals surface area contributed by atoms with Gasteiger partial charge in [0.05, 0.1) is 10.8 Å². The first-order valence-corrected chi connectivity index (χ1v) is 17.1. The molecule has 2 aromatic rings. The molecule has 0 radical (unpaired) electrons. The molecule has 3 rings (SSSR count). The van der Waals surface area contributed by atoms with E-state index in [1.165, 1.54) is 22.5 Å². The van der Waals surface area contributed by atoms with Gasteiger partial charge in [0.15, 0.2) is 0 Å². The van der Waals surface area contributed by atoms with Crippen LogP contribution in [0.25, 0.3) is 0 Å². The van der Waals surface area contributed by atoms with E-state index in [0.29, 0.717) is 30.6 Å². The Labute approximate surface area is 222 Å². The number of amides is 1. The fraction of sp³-hybridized carbons (Fsp3) is 0.480. The Morgan fingerprint density at radius 2 is 1.63 bits per heavy atom.